The highest BCUT2D eigenvalue weighted by Crippen LogP contribution is 2.18. The monoisotopic (exact) mass is 346 g/mol. The lowest BCUT2D eigenvalue weighted by atomic mass is 9.93. The zero-order valence-corrected chi connectivity index (χ0v) is 15.6. The molecule has 1 aromatic carbocycles. The van der Waals surface area contributed by atoms with Gasteiger partial charge in [0.1, 0.15) is 0 Å². The van der Waals surface area contributed by atoms with Gasteiger partial charge in [0.2, 0.25) is 0 Å². The minimum Gasteiger partial charge on any atom is -0.369 e. The third-order valence-electron chi connectivity index (χ3n) is 4.68. The van der Waals surface area contributed by atoms with Gasteiger partial charge in [0, 0.05) is 11.7 Å². The molecule has 2 rings (SSSR count). The fourth-order valence-electron chi connectivity index (χ4n) is 2.86. The van der Waals surface area contributed by atoms with E-state index in [1.165, 1.54) is 50.5 Å². The van der Waals surface area contributed by atoms with Gasteiger partial charge in [-0.15, -0.1) is 0 Å². The Morgan fingerprint density at radius 3 is 2.38 bits per heavy atom. The largest absolute Gasteiger partial charge is 0.369 e. The van der Waals surface area contributed by atoms with Gasteiger partial charge in [-0.2, -0.15) is 0 Å². The van der Waals surface area contributed by atoms with E-state index in [0.29, 0.717) is 11.0 Å². The minimum atomic E-state index is -0.208. The third-order valence-corrected chi connectivity index (χ3v) is 4.98. The molecule has 0 heterocycles. The molecule has 3 nitrogen and oxygen atoms in total. The van der Waals surface area contributed by atoms with Crippen molar-refractivity contribution in [1.29, 1.82) is 0 Å². The average molecular weight is 347 g/mol. The Morgan fingerprint density at radius 1 is 1.08 bits per heavy atom. The summed E-state index contributed by atoms with van der Waals surface area (Å²) in [6, 6.07) is 8.53. The first-order valence-electron chi connectivity index (χ1n) is 9.40. The number of amides is 1. The van der Waals surface area contributed by atoms with Crippen LogP contribution >= 0.6 is 12.2 Å². The molecule has 1 amide bonds. The van der Waals surface area contributed by atoms with Crippen LogP contribution in [0.3, 0.4) is 0 Å². The van der Waals surface area contributed by atoms with Crippen LogP contribution in [0.2, 0.25) is 0 Å². The van der Waals surface area contributed by atoms with Crippen LogP contribution in [0.1, 0.15) is 70.3 Å². The SMILES string of the molecule is CCCCCCCCc1ccc(NC(=O)C(=S)NC2CCC2)cc1. The Hall–Kier alpha value is -1.42. The zero-order chi connectivity index (χ0) is 17.2. The number of aryl methyl sites for hydroxylation is 1. The van der Waals surface area contributed by atoms with Crippen molar-refractivity contribution in [3.05, 3.63) is 29.8 Å². The van der Waals surface area contributed by atoms with E-state index in [4.69, 9.17) is 12.2 Å². The van der Waals surface area contributed by atoms with Crippen molar-refractivity contribution in [3.63, 3.8) is 0 Å². The summed E-state index contributed by atoms with van der Waals surface area (Å²) in [5.41, 5.74) is 2.14. The molecule has 0 saturated heterocycles. The molecule has 2 N–H and O–H groups in total. The van der Waals surface area contributed by atoms with E-state index in [-0.39, 0.29) is 5.91 Å². The van der Waals surface area contributed by atoms with Gasteiger partial charge in [0.25, 0.3) is 5.91 Å². The van der Waals surface area contributed by atoms with Crippen molar-refractivity contribution in [1.82, 2.24) is 5.32 Å². The van der Waals surface area contributed by atoms with Crippen LogP contribution in [0.25, 0.3) is 0 Å². The Morgan fingerprint density at radius 2 is 1.75 bits per heavy atom. The van der Waals surface area contributed by atoms with Gasteiger partial charge in [0.05, 0.1) is 0 Å². The summed E-state index contributed by atoms with van der Waals surface area (Å²) in [5, 5.41) is 5.99. The number of carbonyl (C=O) groups excluding carboxylic acids is 1. The Bertz CT molecular complexity index is 523. The van der Waals surface area contributed by atoms with Crippen LogP contribution in [0, 0.1) is 0 Å². The molecule has 1 fully saturated rings. The van der Waals surface area contributed by atoms with Crippen LogP contribution in [-0.2, 0) is 11.2 Å². The van der Waals surface area contributed by atoms with Gasteiger partial charge in [0.15, 0.2) is 4.99 Å². The molecule has 0 radical (unpaired) electrons. The molecule has 1 aliphatic carbocycles. The highest BCUT2D eigenvalue weighted by atomic mass is 32.1. The van der Waals surface area contributed by atoms with E-state index in [9.17, 15) is 4.79 Å². The van der Waals surface area contributed by atoms with Crippen molar-refractivity contribution >= 4 is 28.8 Å². The third kappa shape index (κ3) is 6.60. The lowest BCUT2D eigenvalue weighted by Crippen LogP contribution is -2.43. The number of rotatable bonds is 9. The maximum Gasteiger partial charge on any atom is 0.283 e. The normalized spacial score (nSPS) is 14.0. The fourth-order valence-corrected chi connectivity index (χ4v) is 3.07. The van der Waals surface area contributed by atoms with Gasteiger partial charge in [-0.05, 0) is 49.8 Å². The van der Waals surface area contributed by atoms with E-state index in [1.54, 1.807) is 0 Å². The van der Waals surface area contributed by atoms with Gasteiger partial charge >= 0.3 is 0 Å². The molecule has 0 unspecified atom stereocenters. The molecule has 24 heavy (non-hydrogen) atoms. The van der Waals surface area contributed by atoms with Crippen LogP contribution < -0.4 is 10.6 Å². The van der Waals surface area contributed by atoms with E-state index < -0.39 is 0 Å². The average Bonchev–Trinajstić information content (AvgIpc) is 2.55. The van der Waals surface area contributed by atoms with E-state index in [1.807, 2.05) is 12.1 Å². The number of carbonyl (C=O) groups is 1. The van der Waals surface area contributed by atoms with Crippen molar-refractivity contribution in [2.24, 2.45) is 0 Å². The molecular formula is C20H30N2OS. The highest BCUT2D eigenvalue weighted by Gasteiger charge is 2.20. The van der Waals surface area contributed by atoms with Crippen LogP contribution in [0.5, 0.6) is 0 Å². The first-order valence-corrected chi connectivity index (χ1v) is 9.80. The number of hydrogen-bond donors (Lipinski definition) is 2. The summed E-state index contributed by atoms with van der Waals surface area (Å²) in [4.78, 5) is 12.4. The van der Waals surface area contributed by atoms with Gasteiger partial charge in [-0.1, -0.05) is 63.4 Å². The van der Waals surface area contributed by atoms with Crippen molar-refractivity contribution in [2.45, 2.75) is 77.2 Å². The number of benzene rings is 1. The molecule has 1 aromatic rings. The van der Waals surface area contributed by atoms with E-state index in [2.05, 4.69) is 29.7 Å². The molecule has 1 saturated carbocycles. The Labute approximate surface area is 151 Å². The lowest BCUT2D eigenvalue weighted by molar-refractivity contribution is -0.110. The Kier molecular flexibility index (Phi) is 8.23. The van der Waals surface area contributed by atoms with Crippen molar-refractivity contribution in [3.8, 4) is 0 Å². The van der Waals surface area contributed by atoms with E-state index >= 15 is 0 Å². The summed E-state index contributed by atoms with van der Waals surface area (Å²) in [5.74, 6) is -0.208. The Balaban J connectivity index is 1.67. The summed E-state index contributed by atoms with van der Waals surface area (Å²) < 4.78 is 0. The minimum absolute atomic E-state index is 0.208. The summed E-state index contributed by atoms with van der Waals surface area (Å²) in [7, 11) is 0. The molecule has 1 aliphatic rings. The summed E-state index contributed by atoms with van der Waals surface area (Å²) in [6.07, 6.45) is 12.5. The maximum atomic E-state index is 12.1. The summed E-state index contributed by atoms with van der Waals surface area (Å²) >= 11 is 5.16. The first kappa shape index (κ1) is 18.9. The van der Waals surface area contributed by atoms with E-state index in [0.717, 1.165) is 24.9 Å². The molecule has 4 heteroatoms. The fraction of sp³-hybridized carbons (Fsp3) is 0.600. The molecular weight excluding hydrogens is 316 g/mol. The second-order valence-corrected chi connectivity index (χ2v) is 7.18. The predicted octanol–water partition coefficient (Wildman–Crippen LogP) is 5.00. The number of hydrogen-bond acceptors (Lipinski definition) is 2. The first-order chi connectivity index (χ1) is 11.7. The maximum absolute atomic E-state index is 12.1. The van der Waals surface area contributed by atoms with Gasteiger partial charge in [-0.25, -0.2) is 0 Å². The number of nitrogens with one attached hydrogen (secondary N) is 2. The lowest BCUT2D eigenvalue weighted by Gasteiger charge is -2.27. The second kappa shape index (κ2) is 10.4. The topological polar surface area (TPSA) is 41.1 Å². The van der Waals surface area contributed by atoms with Crippen LogP contribution in [-0.4, -0.2) is 16.9 Å². The number of unbranched alkanes of at least 4 members (excludes halogenated alkanes) is 5. The smallest absolute Gasteiger partial charge is 0.283 e. The molecule has 0 atom stereocenters. The molecule has 0 aliphatic heterocycles. The molecule has 0 bridgehead atoms. The van der Waals surface area contributed by atoms with Crippen LogP contribution in [0.15, 0.2) is 24.3 Å². The molecule has 132 valence electrons. The number of thiocarbonyl (C=S) groups is 1. The standard InChI is InChI=1S/C20H30N2OS/c1-2-3-4-5-6-7-9-16-12-14-18(15-13-16)21-19(23)20(24)22-17-10-8-11-17/h12-15,17H,2-11H2,1H3,(H,21,23)(H,22,24). The van der Waals surface area contributed by atoms with Gasteiger partial charge < -0.3 is 10.6 Å². The van der Waals surface area contributed by atoms with Crippen LogP contribution in [0.4, 0.5) is 5.69 Å². The van der Waals surface area contributed by atoms with Crippen molar-refractivity contribution in [2.75, 3.05) is 5.32 Å². The molecule has 0 spiro atoms. The highest BCUT2D eigenvalue weighted by molar-refractivity contribution is 7.82. The number of anilines is 1. The quantitative estimate of drug-likeness (QED) is 0.488. The second-order valence-electron chi connectivity index (χ2n) is 6.77. The van der Waals surface area contributed by atoms with Gasteiger partial charge in [-0.3, -0.25) is 4.79 Å². The zero-order valence-electron chi connectivity index (χ0n) is 14.8. The summed E-state index contributed by atoms with van der Waals surface area (Å²) in [6.45, 7) is 2.25. The predicted molar refractivity (Wildman–Crippen MR) is 106 cm³/mol. The molecule has 0 aromatic heterocycles. The van der Waals surface area contributed by atoms with Crippen molar-refractivity contribution < 1.29 is 4.79 Å².